The maximum absolute atomic E-state index is 11.9. The van der Waals surface area contributed by atoms with Gasteiger partial charge in [-0.3, -0.25) is 38.6 Å². The summed E-state index contributed by atoms with van der Waals surface area (Å²) in [5.41, 5.74) is 48.6. The molecule has 27 heteroatoms. The zero-order chi connectivity index (χ0) is 53.9. The van der Waals surface area contributed by atoms with Gasteiger partial charge in [-0.05, 0) is 93.4 Å². The van der Waals surface area contributed by atoms with Crippen LogP contribution in [0.1, 0.15) is 85.1 Å². The van der Waals surface area contributed by atoms with Crippen molar-refractivity contribution in [2.45, 2.75) is 134 Å². The van der Waals surface area contributed by atoms with Gasteiger partial charge < -0.3 is 91.7 Å². The van der Waals surface area contributed by atoms with Gasteiger partial charge >= 0.3 is 47.8 Å². The maximum Gasteiger partial charge on any atom is 0.328 e. The van der Waals surface area contributed by atoms with E-state index in [1.807, 2.05) is 34.0 Å². The highest BCUT2D eigenvalue weighted by molar-refractivity contribution is 7.98. The lowest BCUT2D eigenvalue weighted by Gasteiger charge is -2.20. The first-order chi connectivity index (χ1) is 31.3. The van der Waals surface area contributed by atoms with Gasteiger partial charge in [-0.25, -0.2) is 4.79 Å². The Kier molecular flexibility index (Phi) is 39.8. The Hall–Kier alpha value is -5.68. The van der Waals surface area contributed by atoms with E-state index in [1.165, 1.54) is 6.92 Å². The molecule has 1 rings (SSSR count). The monoisotopic (exact) mass is 997 g/mol. The van der Waals surface area contributed by atoms with E-state index < -0.39 is 96.2 Å². The number of hydrogen-bond donors (Lipinski definition) is 15. The van der Waals surface area contributed by atoms with Crippen molar-refractivity contribution in [1.29, 1.82) is 0 Å². The van der Waals surface area contributed by atoms with E-state index in [4.69, 9.17) is 91.7 Å². The Labute approximate surface area is 400 Å². The smallest absolute Gasteiger partial charge is 0.328 e. The van der Waals surface area contributed by atoms with E-state index in [0.717, 1.165) is 11.3 Å². The fourth-order valence-electron chi connectivity index (χ4n) is 4.39. The van der Waals surface area contributed by atoms with Gasteiger partial charge in [0.05, 0.1) is 0 Å². The van der Waals surface area contributed by atoms with Crippen LogP contribution in [0.2, 0.25) is 0 Å². The molecule has 1 aromatic carbocycles. The molecule has 0 radical (unpaired) electrons. The molecule has 0 bridgehead atoms. The van der Waals surface area contributed by atoms with Crippen LogP contribution in [0.4, 0.5) is 0 Å². The Morgan fingerprint density at radius 2 is 1.04 bits per heavy atom. The first kappa shape index (κ1) is 68.9. The van der Waals surface area contributed by atoms with Gasteiger partial charge in [-0.15, -0.1) is 0 Å². The normalized spacial score (nSPS) is 13.9. The number of thioether (sulfide) groups is 1. The summed E-state index contributed by atoms with van der Waals surface area (Å²) in [6, 6.07) is 0.279. The molecular formula is C41H76N10O16S. The highest BCUT2D eigenvalue weighted by Crippen LogP contribution is 2.15. The number of aliphatic imine (C=N–C) groups is 1. The number of hydrogen-bond acceptors (Lipinski definition) is 19. The molecule has 0 saturated carbocycles. The molecule has 0 saturated heterocycles. The van der Waals surface area contributed by atoms with Crippen LogP contribution in [-0.2, 0) is 49.5 Å². The second-order valence-electron chi connectivity index (χ2n) is 15.7. The van der Waals surface area contributed by atoms with Crippen molar-refractivity contribution in [1.82, 2.24) is 0 Å². The van der Waals surface area contributed by atoms with Crippen molar-refractivity contribution in [3.63, 3.8) is 0 Å². The summed E-state index contributed by atoms with van der Waals surface area (Å²) in [6.07, 6.45) is 3.55. The number of esters is 2. The van der Waals surface area contributed by atoms with Gasteiger partial charge in [-0.2, -0.15) is 11.8 Å². The molecule has 0 amide bonds. The third kappa shape index (κ3) is 40.6. The summed E-state index contributed by atoms with van der Waals surface area (Å²) in [4.78, 5) is 88.4. The second kappa shape index (κ2) is 39.3. The topological polar surface area (TPSA) is 523 Å². The Morgan fingerprint density at radius 1 is 0.588 bits per heavy atom. The number of carboxylic acids is 6. The fourth-order valence-corrected chi connectivity index (χ4v) is 4.88. The molecule has 0 aliphatic heterocycles. The molecule has 392 valence electrons. The lowest BCUT2D eigenvalue weighted by Crippen LogP contribution is -2.45. The Morgan fingerprint density at radius 3 is 1.43 bits per heavy atom. The molecule has 8 atom stereocenters. The summed E-state index contributed by atoms with van der Waals surface area (Å²) >= 11 is 1.60. The number of carbonyl (C=O) groups excluding carboxylic acids is 2. The highest BCUT2D eigenvalue weighted by Gasteiger charge is 2.26. The summed E-state index contributed by atoms with van der Waals surface area (Å²) in [5, 5.41) is 50.2. The summed E-state index contributed by atoms with van der Waals surface area (Å²) < 4.78 is 10.0. The quantitative estimate of drug-likeness (QED) is 0.0165. The van der Waals surface area contributed by atoms with Crippen molar-refractivity contribution >= 4 is 65.5 Å². The van der Waals surface area contributed by atoms with Crippen LogP contribution in [0.15, 0.2) is 29.3 Å². The number of rotatable bonds is 26. The molecule has 68 heavy (non-hydrogen) atoms. The SMILES string of the molecule is CC(C)C[C@H](N)C(=O)O.CC(C)C[C@H](N)C(=O)O[C@H](C)[C@H](N)C(=O)O.CSCC[C@H](N)C(=O)O.NC(N)=NCCC[C@H](N)C(=O)Oc1ccc(C[C@H](N)C(=O)O)cc1.N[C@@H](CCC(=O)O)C(=O)O. The Bertz CT molecular complexity index is 1690. The predicted molar refractivity (Wildman–Crippen MR) is 254 cm³/mol. The van der Waals surface area contributed by atoms with Crippen molar-refractivity contribution in [3.8, 4) is 5.75 Å². The number of carboxylic acid groups (broad SMARTS) is 6. The number of guanidine groups is 1. The van der Waals surface area contributed by atoms with Crippen LogP contribution in [0, 0.1) is 11.8 Å². The number of aliphatic carboxylic acids is 6. The standard InChI is InChI=1S/C15H23N5O4.C10H20N2O4.C6H13NO2.C5H9NO4.C5H11NO2S/c16-11(2-1-7-20-15(18)19)14(23)24-10-5-3-9(4-6-10)8-12(17)13(21)22;1-5(2)4-7(11)10(15)16-6(3)8(12)9(13)14;1-4(2)3-5(7)6(8)9;6-3(5(9)10)1-2-4(7)8;1-9-3-2-4(6)5(7)8/h3-6,11-12H,1-2,7-8,16-17H2,(H,21,22)(H4,18,19,20);5-8H,4,11-12H2,1-3H3,(H,13,14);4-5H,3,7H2,1-2H3,(H,8,9);3H,1-2,6H2,(H,7,8)(H,9,10);4H,2-3,6H2,1H3,(H,7,8)/t11-,12-;6-,7+,8+;5-;3-;4-/m01000/s1. The third-order valence-corrected chi connectivity index (χ3v) is 8.93. The Balaban J connectivity index is -0.000000403. The molecule has 1 aromatic rings. The van der Waals surface area contributed by atoms with E-state index in [9.17, 15) is 38.4 Å². The predicted octanol–water partition coefficient (Wildman–Crippen LogP) is -1.51. The van der Waals surface area contributed by atoms with Crippen LogP contribution in [0.25, 0.3) is 0 Å². The van der Waals surface area contributed by atoms with Gasteiger partial charge in [0.15, 0.2) is 5.96 Å². The zero-order valence-electron chi connectivity index (χ0n) is 39.5. The maximum atomic E-state index is 11.9. The van der Waals surface area contributed by atoms with E-state index in [1.54, 1.807) is 36.0 Å². The molecule has 24 N–H and O–H groups in total. The fraction of sp³-hybridized carbons (Fsp3) is 0.634. The molecule has 0 aliphatic carbocycles. The van der Waals surface area contributed by atoms with Crippen molar-refractivity contribution in [2.24, 2.45) is 68.4 Å². The molecule has 0 unspecified atom stereocenters. The minimum atomic E-state index is -1.23. The van der Waals surface area contributed by atoms with Crippen LogP contribution < -0.4 is 56.3 Å². The molecule has 0 fully saturated rings. The number of carbonyl (C=O) groups is 8. The summed E-state index contributed by atoms with van der Waals surface area (Å²) in [7, 11) is 0. The number of benzene rings is 1. The average molecular weight is 997 g/mol. The molecule has 26 nitrogen and oxygen atoms in total. The lowest BCUT2D eigenvalue weighted by molar-refractivity contribution is -0.155. The average Bonchev–Trinajstić information content (AvgIpc) is 3.23. The minimum absolute atomic E-state index is 0.00569. The van der Waals surface area contributed by atoms with Crippen LogP contribution in [0.5, 0.6) is 5.75 Å². The van der Waals surface area contributed by atoms with E-state index in [0.29, 0.717) is 50.3 Å². The van der Waals surface area contributed by atoms with Crippen molar-refractivity contribution in [3.05, 3.63) is 29.8 Å². The molecule has 0 aromatic heterocycles. The van der Waals surface area contributed by atoms with Crippen molar-refractivity contribution in [2.75, 3.05) is 18.6 Å². The third-order valence-electron chi connectivity index (χ3n) is 8.29. The summed E-state index contributed by atoms with van der Waals surface area (Å²) in [5.74, 6) is -5.72. The zero-order valence-corrected chi connectivity index (χ0v) is 40.3. The molecule has 0 heterocycles. The van der Waals surface area contributed by atoms with Gasteiger partial charge in [-0.1, -0.05) is 39.8 Å². The molecule has 0 spiro atoms. The largest absolute Gasteiger partial charge is 0.481 e. The van der Waals surface area contributed by atoms with Gasteiger partial charge in [0.25, 0.3) is 0 Å². The van der Waals surface area contributed by atoms with E-state index >= 15 is 0 Å². The molecule has 0 aliphatic rings. The number of ether oxygens (including phenoxy) is 2. The van der Waals surface area contributed by atoms with E-state index in [-0.39, 0.29) is 31.1 Å². The van der Waals surface area contributed by atoms with Crippen LogP contribution in [-0.4, -0.2) is 151 Å². The number of nitrogens with two attached hydrogens (primary N) is 9. The van der Waals surface area contributed by atoms with Crippen LogP contribution in [0.3, 0.4) is 0 Å². The minimum Gasteiger partial charge on any atom is -0.481 e. The number of nitrogens with zero attached hydrogens (tertiary/aromatic N) is 1. The highest BCUT2D eigenvalue weighted by atomic mass is 32.2. The van der Waals surface area contributed by atoms with Gasteiger partial charge in [0.2, 0.25) is 0 Å². The van der Waals surface area contributed by atoms with Crippen LogP contribution >= 0.6 is 11.8 Å². The molecular weight excluding hydrogens is 921 g/mol. The first-order valence-electron chi connectivity index (χ1n) is 21.0. The van der Waals surface area contributed by atoms with E-state index in [2.05, 4.69) is 4.99 Å². The summed E-state index contributed by atoms with van der Waals surface area (Å²) in [6.45, 7) is 9.57. The first-order valence-corrected chi connectivity index (χ1v) is 22.4. The van der Waals surface area contributed by atoms with Gasteiger partial charge in [0, 0.05) is 13.0 Å². The lowest BCUT2D eigenvalue weighted by atomic mass is 10.0. The van der Waals surface area contributed by atoms with Crippen molar-refractivity contribution < 1.29 is 78.5 Å². The second-order valence-corrected chi connectivity index (χ2v) is 16.7. The van der Waals surface area contributed by atoms with Gasteiger partial charge in [0.1, 0.15) is 54.1 Å².